The second-order valence-corrected chi connectivity index (χ2v) is 6.36. The van der Waals surface area contributed by atoms with Crippen molar-refractivity contribution in [1.82, 2.24) is 14.8 Å². The number of nitrogens with zero attached hydrogens (tertiary/aromatic N) is 3. The normalized spacial score (nSPS) is 13.1. The monoisotopic (exact) mass is 351 g/mol. The van der Waals surface area contributed by atoms with Gasteiger partial charge in [-0.15, -0.1) is 0 Å². The van der Waals surface area contributed by atoms with Crippen molar-refractivity contribution < 1.29 is 14.4 Å². The molecular formula is C20H21N3O3. The van der Waals surface area contributed by atoms with Crippen molar-refractivity contribution in [2.24, 2.45) is 0 Å². The maximum atomic E-state index is 12.7. The molecule has 0 bridgehead atoms. The number of fused-ring (bicyclic) bond motifs is 1. The third-order valence-electron chi connectivity index (χ3n) is 4.42. The topological polar surface area (TPSA) is 70.6 Å². The number of hydrogen-bond donors (Lipinski definition) is 0. The van der Waals surface area contributed by atoms with E-state index < -0.39 is 0 Å². The van der Waals surface area contributed by atoms with Crippen LogP contribution in [0.15, 0.2) is 42.6 Å². The molecule has 0 fully saturated rings. The van der Waals surface area contributed by atoms with Gasteiger partial charge in [-0.1, -0.05) is 19.4 Å². The highest BCUT2D eigenvalue weighted by atomic mass is 16.2. The summed E-state index contributed by atoms with van der Waals surface area (Å²) in [6, 6.07) is 10.2. The maximum Gasteiger partial charge on any atom is 0.261 e. The molecule has 0 spiro atoms. The van der Waals surface area contributed by atoms with E-state index in [1.54, 1.807) is 30.3 Å². The van der Waals surface area contributed by atoms with Crippen LogP contribution in [0, 0.1) is 0 Å². The number of benzene rings is 1. The quantitative estimate of drug-likeness (QED) is 0.750. The van der Waals surface area contributed by atoms with Crippen LogP contribution in [0.5, 0.6) is 0 Å². The summed E-state index contributed by atoms with van der Waals surface area (Å²) >= 11 is 0. The number of carbonyl (C=O) groups excluding carboxylic acids is 3. The van der Waals surface area contributed by atoms with Crippen LogP contribution >= 0.6 is 0 Å². The van der Waals surface area contributed by atoms with E-state index in [2.05, 4.69) is 4.98 Å². The Morgan fingerprint density at radius 1 is 1.12 bits per heavy atom. The minimum absolute atomic E-state index is 0.217. The largest absolute Gasteiger partial charge is 0.336 e. The summed E-state index contributed by atoms with van der Waals surface area (Å²) in [6.45, 7) is 2.78. The number of aromatic nitrogens is 1. The molecule has 3 rings (SSSR count). The van der Waals surface area contributed by atoms with Crippen LogP contribution in [0.1, 0.15) is 56.5 Å². The van der Waals surface area contributed by atoms with Gasteiger partial charge in [0.1, 0.15) is 0 Å². The molecule has 0 saturated carbocycles. The fourth-order valence-corrected chi connectivity index (χ4v) is 2.97. The van der Waals surface area contributed by atoms with Gasteiger partial charge in [0.2, 0.25) is 0 Å². The lowest BCUT2D eigenvalue weighted by Gasteiger charge is -2.17. The second-order valence-electron chi connectivity index (χ2n) is 6.36. The predicted molar refractivity (Wildman–Crippen MR) is 96.8 cm³/mol. The van der Waals surface area contributed by atoms with Crippen LogP contribution in [0.2, 0.25) is 0 Å². The Labute approximate surface area is 152 Å². The average molecular weight is 351 g/mol. The third kappa shape index (κ3) is 3.35. The lowest BCUT2D eigenvalue weighted by molar-refractivity contribution is 0.0652. The van der Waals surface area contributed by atoms with Crippen molar-refractivity contribution in [3.05, 3.63) is 65.0 Å². The first kappa shape index (κ1) is 17.8. The molecule has 0 aliphatic carbocycles. The van der Waals surface area contributed by atoms with Gasteiger partial charge in [-0.3, -0.25) is 24.3 Å². The van der Waals surface area contributed by atoms with Gasteiger partial charge in [-0.25, -0.2) is 0 Å². The van der Waals surface area contributed by atoms with Gasteiger partial charge in [0, 0.05) is 25.4 Å². The first-order valence-electron chi connectivity index (χ1n) is 8.68. The summed E-state index contributed by atoms with van der Waals surface area (Å²) in [4.78, 5) is 44.6. The summed E-state index contributed by atoms with van der Waals surface area (Å²) in [5, 5.41) is 0. The lowest BCUT2D eigenvalue weighted by Crippen LogP contribution is -2.30. The van der Waals surface area contributed by atoms with Gasteiger partial charge in [-0.2, -0.15) is 0 Å². The van der Waals surface area contributed by atoms with Crippen molar-refractivity contribution in [2.45, 2.75) is 26.3 Å². The molecule has 1 aliphatic rings. The SMILES string of the molecule is CCCCN1C(=O)c2ccc(C(=O)N(C)Cc3ccccn3)cc2C1=O. The van der Waals surface area contributed by atoms with Gasteiger partial charge in [0.15, 0.2) is 0 Å². The Hall–Kier alpha value is -3.02. The van der Waals surface area contributed by atoms with Crippen LogP contribution in [-0.4, -0.2) is 46.1 Å². The molecule has 26 heavy (non-hydrogen) atoms. The second kappa shape index (κ2) is 7.47. The molecule has 6 heteroatoms. The Bertz CT molecular complexity index is 849. The predicted octanol–water partition coefficient (Wildman–Crippen LogP) is 2.75. The van der Waals surface area contributed by atoms with E-state index in [0.717, 1.165) is 18.5 Å². The van der Waals surface area contributed by atoms with E-state index in [0.29, 0.717) is 29.8 Å². The number of pyridine rings is 1. The zero-order valence-electron chi connectivity index (χ0n) is 14.9. The first-order valence-corrected chi connectivity index (χ1v) is 8.68. The molecule has 0 saturated heterocycles. The van der Waals surface area contributed by atoms with E-state index >= 15 is 0 Å². The standard InChI is InChI=1S/C20H21N3O3/c1-3-4-11-23-19(25)16-9-8-14(12-17(16)20(23)26)18(24)22(2)13-15-7-5-6-10-21-15/h5-10,12H,3-4,11,13H2,1-2H3. The van der Waals surface area contributed by atoms with Crippen LogP contribution < -0.4 is 0 Å². The fraction of sp³-hybridized carbons (Fsp3) is 0.300. The molecule has 3 amide bonds. The molecule has 1 aliphatic heterocycles. The van der Waals surface area contributed by atoms with Crippen molar-refractivity contribution in [2.75, 3.05) is 13.6 Å². The number of imide groups is 1. The Balaban J connectivity index is 1.79. The molecule has 6 nitrogen and oxygen atoms in total. The van der Waals surface area contributed by atoms with Gasteiger partial charge in [-0.05, 0) is 36.8 Å². The molecule has 0 atom stereocenters. The van der Waals surface area contributed by atoms with Gasteiger partial charge >= 0.3 is 0 Å². The highest BCUT2D eigenvalue weighted by molar-refractivity contribution is 6.22. The fourth-order valence-electron chi connectivity index (χ4n) is 2.97. The van der Waals surface area contributed by atoms with E-state index in [1.807, 2.05) is 25.1 Å². The minimum atomic E-state index is -0.319. The molecule has 2 aromatic rings. The zero-order chi connectivity index (χ0) is 18.7. The van der Waals surface area contributed by atoms with Crippen molar-refractivity contribution in [3.63, 3.8) is 0 Å². The number of carbonyl (C=O) groups is 3. The van der Waals surface area contributed by atoms with E-state index in [9.17, 15) is 14.4 Å². The number of rotatable bonds is 6. The Morgan fingerprint density at radius 3 is 2.58 bits per heavy atom. The molecular weight excluding hydrogens is 330 g/mol. The maximum absolute atomic E-state index is 12.7. The van der Waals surface area contributed by atoms with Gasteiger partial charge < -0.3 is 4.90 Å². The summed E-state index contributed by atoms with van der Waals surface area (Å²) < 4.78 is 0. The third-order valence-corrected chi connectivity index (χ3v) is 4.42. The van der Waals surface area contributed by atoms with Crippen LogP contribution in [0.25, 0.3) is 0 Å². The molecule has 2 heterocycles. The summed E-state index contributed by atoms with van der Waals surface area (Å²) in [5.41, 5.74) is 1.85. The Morgan fingerprint density at radius 2 is 1.88 bits per heavy atom. The highest BCUT2D eigenvalue weighted by Crippen LogP contribution is 2.25. The summed E-state index contributed by atoms with van der Waals surface area (Å²) in [6.07, 6.45) is 3.34. The van der Waals surface area contributed by atoms with E-state index in [1.165, 1.54) is 11.0 Å². The van der Waals surface area contributed by atoms with E-state index in [4.69, 9.17) is 0 Å². The molecule has 1 aromatic heterocycles. The molecule has 0 N–H and O–H groups in total. The molecule has 0 radical (unpaired) electrons. The lowest BCUT2D eigenvalue weighted by atomic mass is 10.0. The molecule has 1 aromatic carbocycles. The van der Waals surface area contributed by atoms with Crippen molar-refractivity contribution >= 4 is 17.7 Å². The van der Waals surface area contributed by atoms with Crippen molar-refractivity contribution in [3.8, 4) is 0 Å². The minimum Gasteiger partial charge on any atom is -0.336 e. The van der Waals surface area contributed by atoms with Crippen molar-refractivity contribution in [1.29, 1.82) is 0 Å². The number of hydrogen-bond acceptors (Lipinski definition) is 4. The smallest absolute Gasteiger partial charge is 0.261 e. The van der Waals surface area contributed by atoms with Gasteiger partial charge in [0.05, 0.1) is 23.4 Å². The summed E-state index contributed by atoms with van der Waals surface area (Å²) in [7, 11) is 1.69. The molecule has 134 valence electrons. The number of amides is 3. The van der Waals surface area contributed by atoms with Gasteiger partial charge in [0.25, 0.3) is 17.7 Å². The number of unbranched alkanes of at least 4 members (excludes halogenated alkanes) is 1. The van der Waals surface area contributed by atoms with Crippen LogP contribution in [-0.2, 0) is 6.54 Å². The zero-order valence-corrected chi connectivity index (χ0v) is 14.9. The molecule has 0 unspecified atom stereocenters. The highest BCUT2D eigenvalue weighted by Gasteiger charge is 2.35. The van der Waals surface area contributed by atoms with E-state index in [-0.39, 0.29) is 17.7 Å². The summed E-state index contributed by atoms with van der Waals surface area (Å²) in [5.74, 6) is -0.814. The van der Waals surface area contributed by atoms with Crippen LogP contribution in [0.3, 0.4) is 0 Å². The van der Waals surface area contributed by atoms with Crippen LogP contribution in [0.4, 0.5) is 0 Å². The average Bonchev–Trinajstić information content (AvgIpc) is 2.90. The Kier molecular flexibility index (Phi) is 5.11. The first-order chi connectivity index (χ1) is 12.5.